The molecule has 23 heavy (non-hydrogen) atoms. The first kappa shape index (κ1) is 17.4. The minimum Gasteiger partial charge on any atom is -0.495 e. The first-order valence-electron chi connectivity index (χ1n) is 7.21. The van der Waals surface area contributed by atoms with E-state index in [1.165, 1.54) is 5.56 Å². The van der Waals surface area contributed by atoms with Crippen LogP contribution in [0.5, 0.6) is 5.75 Å². The Bertz CT molecular complexity index is 687. The smallest absolute Gasteiger partial charge is 0.195 e. The van der Waals surface area contributed by atoms with Gasteiger partial charge in [-0.3, -0.25) is 4.99 Å². The van der Waals surface area contributed by atoms with Crippen LogP contribution >= 0.6 is 24.0 Å². The van der Waals surface area contributed by atoms with Gasteiger partial charge in [-0.05, 0) is 41.8 Å². The Morgan fingerprint density at radius 1 is 1.17 bits per heavy atom. The van der Waals surface area contributed by atoms with Gasteiger partial charge in [0, 0.05) is 12.2 Å². The molecule has 0 aromatic heterocycles. The van der Waals surface area contributed by atoms with Crippen molar-refractivity contribution in [1.82, 2.24) is 5.32 Å². The highest BCUT2D eigenvalue weighted by molar-refractivity contribution is 6.32. The van der Waals surface area contributed by atoms with Crippen LogP contribution in [0.15, 0.2) is 47.5 Å². The third-order valence-electron chi connectivity index (χ3n) is 3.52. The van der Waals surface area contributed by atoms with Crippen LogP contribution in [0.25, 0.3) is 0 Å². The molecule has 122 valence electrons. The van der Waals surface area contributed by atoms with Crippen LogP contribution in [-0.4, -0.2) is 26.2 Å². The molecule has 0 unspecified atom stereocenters. The average Bonchev–Trinajstić information content (AvgIpc) is 3.02. The molecule has 0 saturated carbocycles. The number of ether oxygens (including phenoxy) is 1. The van der Waals surface area contributed by atoms with E-state index < -0.39 is 0 Å². The van der Waals surface area contributed by atoms with Crippen molar-refractivity contribution in [3.63, 3.8) is 0 Å². The lowest BCUT2D eigenvalue weighted by atomic mass is 10.0. The van der Waals surface area contributed by atoms with Crippen LogP contribution in [0.2, 0.25) is 5.02 Å². The summed E-state index contributed by atoms with van der Waals surface area (Å²) in [6, 6.07) is 14.2. The quantitative estimate of drug-likeness (QED) is 0.881. The molecule has 1 aliphatic heterocycles. The highest BCUT2D eigenvalue weighted by Gasteiger charge is 2.06. The van der Waals surface area contributed by atoms with E-state index in [1.54, 1.807) is 7.11 Å². The predicted octanol–water partition coefficient (Wildman–Crippen LogP) is 3.73. The molecule has 2 N–H and O–H groups in total. The molecular weight excluding hydrogens is 333 g/mol. The third kappa shape index (κ3) is 4.53. The van der Waals surface area contributed by atoms with E-state index in [-0.39, 0.29) is 12.4 Å². The van der Waals surface area contributed by atoms with Crippen LogP contribution in [0, 0.1) is 0 Å². The minimum absolute atomic E-state index is 0. The lowest BCUT2D eigenvalue weighted by Gasteiger charge is -2.09. The first-order chi connectivity index (χ1) is 10.7. The molecule has 2 aromatic rings. The van der Waals surface area contributed by atoms with Crippen molar-refractivity contribution in [2.75, 3.05) is 25.5 Å². The SMILES string of the molecule is COc1ccc(Cc2ccc(NC3=NCCN3)cc2)cc1Cl.Cl. The molecule has 0 spiro atoms. The molecule has 0 aliphatic carbocycles. The highest BCUT2D eigenvalue weighted by atomic mass is 35.5. The van der Waals surface area contributed by atoms with Crippen LogP contribution in [0.3, 0.4) is 0 Å². The van der Waals surface area contributed by atoms with Gasteiger partial charge in [-0.15, -0.1) is 12.4 Å². The number of halogens is 2. The van der Waals surface area contributed by atoms with E-state index in [4.69, 9.17) is 16.3 Å². The van der Waals surface area contributed by atoms with Crippen molar-refractivity contribution in [1.29, 1.82) is 0 Å². The molecule has 0 atom stereocenters. The molecule has 1 heterocycles. The molecule has 1 aliphatic rings. The average molecular weight is 352 g/mol. The molecule has 6 heteroatoms. The summed E-state index contributed by atoms with van der Waals surface area (Å²) in [5.74, 6) is 1.55. The Labute approximate surface area is 147 Å². The number of hydrogen-bond acceptors (Lipinski definition) is 4. The van der Waals surface area contributed by atoms with E-state index in [2.05, 4.69) is 39.9 Å². The van der Waals surface area contributed by atoms with Crippen LogP contribution in [0.4, 0.5) is 5.69 Å². The zero-order valence-electron chi connectivity index (χ0n) is 12.8. The highest BCUT2D eigenvalue weighted by Crippen LogP contribution is 2.26. The number of rotatable bonds is 4. The van der Waals surface area contributed by atoms with E-state index in [0.29, 0.717) is 10.8 Å². The molecule has 0 amide bonds. The van der Waals surface area contributed by atoms with Gasteiger partial charge < -0.3 is 15.4 Å². The lowest BCUT2D eigenvalue weighted by Crippen LogP contribution is -2.26. The number of benzene rings is 2. The Hall–Kier alpha value is -1.91. The fourth-order valence-corrected chi connectivity index (χ4v) is 2.66. The summed E-state index contributed by atoms with van der Waals surface area (Å²) in [5.41, 5.74) is 3.42. The molecule has 4 nitrogen and oxygen atoms in total. The van der Waals surface area contributed by atoms with Gasteiger partial charge in [-0.2, -0.15) is 0 Å². The van der Waals surface area contributed by atoms with Crippen LogP contribution < -0.4 is 15.4 Å². The second-order valence-electron chi connectivity index (χ2n) is 5.12. The second-order valence-corrected chi connectivity index (χ2v) is 5.53. The van der Waals surface area contributed by atoms with Crippen molar-refractivity contribution in [2.45, 2.75) is 6.42 Å². The molecular formula is C17H19Cl2N3O. The summed E-state index contributed by atoms with van der Waals surface area (Å²) in [6.45, 7) is 1.73. The molecule has 2 aromatic carbocycles. The van der Waals surface area contributed by atoms with E-state index in [0.717, 1.165) is 36.7 Å². The van der Waals surface area contributed by atoms with E-state index in [1.807, 2.05) is 18.2 Å². The fraction of sp³-hybridized carbons (Fsp3) is 0.235. The summed E-state index contributed by atoms with van der Waals surface area (Å²) in [5, 5.41) is 7.09. The zero-order valence-corrected chi connectivity index (χ0v) is 14.4. The Morgan fingerprint density at radius 2 is 1.91 bits per heavy atom. The number of nitrogens with one attached hydrogen (secondary N) is 2. The van der Waals surface area contributed by atoms with Crippen molar-refractivity contribution >= 4 is 35.7 Å². The van der Waals surface area contributed by atoms with Gasteiger partial charge in [0.2, 0.25) is 0 Å². The lowest BCUT2D eigenvalue weighted by molar-refractivity contribution is 0.415. The molecule has 3 rings (SSSR count). The van der Waals surface area contributed by atoms with Gasteiger partial charge in [0.1, 0.15) is 5.75 Å². The maximum Gasteiger partial charge on any atom is 0.195 e. The number of hydrogen-bond donors (Lipinski definition) is 2. The summed E-state index contributed by atoms with van der Waals surface area (Å²) < 4.78 is 5.17. The van der Waals surface area contributed by atoms with Crippen molar-refractivity contribution in [2.24, 2.45) is 4.99 Å². The van der Waals surface area contributed by atoms with Crippen LogP contribution in [0.1, 0.15) is 11.1 Å². The standard InChI is InChI=1S/C17H18ClN3O.ClH/c1-22-16-7-4-13(11-15(16)18)10-12-2-5-14(6-3-12)21-17-19-8-9-20-17;/h2-7,11H,8-10H2,1H3,(H2,19,20,21);1H. The topological polar surface area (TPSA) is 45.6 Å². The van der Waals surface area contributed by atoms with Crippen molar-refractivity contribution < 1.29 is 4.74 Å². The Kier molecular flexibility index (Phi) is 6.13. The zero-order chi connectivity index (χ0) is 15.4. The van der Waals surface area contributed by atoms with Gasteiger partial charge in [0.15, 0.2) is 5.96 Å². The van der Waals surface area contributed by atoms with E-state index in [9.17, 15) is 0 Å². The first-order valence-corrected chi connectivity index (χ1v) is 7.59. The largest absolute Gasteiger partial charge is 0.495 e. The predicted molar refractivity (Wildman–Crippen MR) is 98.4 cm³/mol. The summed E-state index contributed by atoms with van der Waals surface area (Å²) in [4.78, 5) is 4.32. The van der Waals surface area contributed by atoms with Gasteiger partial charge in [-0.1, -0.05) is 29.8 Å². The number of aliphatic imine (C=N–C) groups is 1. The number of nitrogens with zero attached hydrogens (tertiary/aromatic N) is 1. The molecule has 0 saturated heterocycles. The third-order valence-corrected chi connectivity index (χ3v) is 3.81. The maximum atomic E-state index is 6.16. The summed E-state index contributed by atoms with van der Waals surface area (Å²) >= 11 is 6.16. The van der Waals surface area contributed by atoms with Gasteiger partial charge >= 0.3 is 0 Å². The Balaban J connectivity index is 0.00000192. The number of anilines is 1. The van der Waals surface area contributed by atoms with E-state index >= 15 is 0 Å². The van der Waals surface area contributed by atoms with Gasteiger partial charge in [0.05, 0.1) is 18.7 Å². The maximum absolute atomic E-state index is 6.16. The Morgan fingerprint density at radius 3 is 2.52 bits per heavy atom. The monoisotopic (exact) mass is 351 g/mol. The van der Waals surface area contributed by atoms with Crippen molar-refractivity contribution in [3.8, 4) is 5.75 Å². The fourth-order valence-electron chi connectivity index (χ4n) is 2.38. The van der Waals surface area contributed by atoms with Crippen molar-refractivity contribution in [3.05, 3.63) is 58.6 Å². The van der Waals surface area contributed by atoms with Gasteiger partial charge in [-0.25, -0.2) is 0 Å². The number of guanidine groups is 1. The van der Waals surface area contributed by atoms with Gasteiger partial charge in [0.25, 0.3) is 0 Å². The normalized spacial score (nSPS) is 12.9. The molecule has 0 radical (unpaired) electrons. The summed E-state index contributed by atoms with van der Waals surface area (Å²) in [7, 11) is 1.62. The second kappa shape index (κ2) is 8.09. The minimum atomic E-state index is 0. The number of methoxy groups -OCH3 is 1. The molecule has 0 fully saturated rings. The molecule has 0 bridgehead atoms. The van der Waals surface area contributed by atoms with Crippen LogP contribution in [-0.2, 0) is 6.42 Å². The summed E-state index contributed by atoms with van der Waals surface area (Å²) in [6.07, 6.45) is 0.836.